The zero-order valence-corrected chi connectivity index (χ0v) is 16.5. The van der Waals surface area contributed by atoms with Crippen LogP contribution in [0.15, 0.2) is 17.2 Å². The van der Waals surface area contributed by atoms with Crippen LogP contribution in [0, 0.1) is 11.8 Å². The van der Waals surface area contributed by atoms with E-state index in [2.05, 4.69) is 20.8 Å². The number of fused-ring (bicyclic) bond motifs is 1. The van der Waals surface area contributed by atoms with E-state index >= 15 is 0 Å². The maximum absolute atomic E-state index is 13.1. The normalized spacial score (nSPS) is 23.0. The van der Waals surface area contributed by atoms with Crippen LogP contribution in [-0.4, -0.2) is 47.8 Å². The van der Waals surface area contributed by atoms with Crippen molar-refractivity contribution in [3.05, 3.63) is 34.5 Å². The predicted molar refractivity (Wildman–Crippen MR) is 103 cm³/mol. The summed E-state index contributed by atoms with van der Waals surface area (Å²) in [4.78, 5) is 31.9. The Morgan fingerprint density at radius 3 is 2.71 bits per heavy atom. The lowest BCUT2D eigenvalue weighted by atomic mass is 9.92. The van der Waals surface area contributed by atoms with E-state index in [1.165, 1.54) is 23.3 Å². The highest BCUT2D eigenvalue weighted by atomic mass is 16.2. The molecule has 150 valence electrons. The van der Waals surface area contributed by atoms with Crippen molar-refractivity contribution >= 4 is 5.91 Å². The molecule has 1 aliphatic carbocycles. The van der Waals surface area contributed by atoms with Gasteiger partial charge in [-0.25, -0.2) is 14.5 Å². The molecule has 2 aliphatic heterocycles. The molecule has 2 aromatic rings. The van der Waals surface area contributed by atoms with Gasteiger partial charge in [0.25, 0.3) is 0 Å². The first-order chi connectivity index (χ1) is 13.6. The van der Waals surface area contributed by atoms with Gasteiger partial charge in [0.1, 0.15) is 11.6 Å². The number of likely N-dealkylation sites (tertiary alicyclic amines) is 1. The zero-order chi connectivity index (χ0) is 19.3. The van der Waals surface area contributed by atoms with Gasteiger partial charge in [0, 0.05) is 58.0 Å². The highest BCUT2D eigenvalue weighted by Gasteiger charge is 2.34. The fraction of sp³-hybridized carbons (Fsp3) is 0.700. The van der Waals surface area contributed by atoms with Crippen LogP contribution >= 0.6 is 0 Å². The Kier molecular flexibility index (Phi) is 4.36. The van der Waals surface area contributed by atoms with Crippen molar-refractivity contribution in [3.8, 4) is 0 Å². The second kappa shape index (κ2) is 6.90. The summed E-state index contributed by atoms with van der Waals surface area (Å²) < 4.78 is 5.38. The lowest BCUT2D eigenvalue weighted by molar-refractivity contribution is -0.137. The van der Waals surface area contributed by atoms with Gasteiger partial charge in [-0.15, -0.1) is 0 Å². The molecule has 0 spiro atoms. The zero-order valence-electron chi connectivity index (χ0n) is 16.5. The van der Waals surface area contributed by atoms with Crippen LogP contribution < -0.4 is 5.69 Å². The highest BCUT2D eigenvalue weighted by Crippen LogP contribution is 2.33. The van der Waals surface area contributed by atoms with Crippen molar-refractivity contribution in [2.24, 2.45) is 18.9 Å². The summed E-state index contributed by atoms with van der Waals surface area (Å²) in [6.07, 6.45) is 10.1. The molecule has 2 fully saturated rings. The van der Waals surface area contributed by atoms with Gasteiger partial charge in [-0.3, -0.25) is 9.36 Å². The van der Waals surface area contributed by atoms with E-state index in [4.69, 9.17) is 0 Å². The number of nitrogens with zero attached hydrogens (tertiary/aromatic N) is 6. The third-order valence-corrected chi connectivity index (χ3v) is 6.62. The Hall–Kier alpha value is -2.38. The van der Waals surface area contributed by atoms with Gasteiger partial charge in [0.15, 0.2) is 0 Å². The predicted octanol–water partition coefficient (Wildman–Crippen LogP) is 1.16. The first-order valence-corrected chi connectivity index (χ1v) is 10.5. The van der Waals surface area contributed by atoms with Gasteiger partial charge < -0.3 is 9.47 Å². The molecule has 1 atom stereocenters. The first-order valence-electron chi connectivity index (χ1n) is 10.5. The lowest BCUT2D eigenvalue weighted by Crippen LogP contribution is -2.44. The first kappa shape index (κ1) is 17.7. The Morgan fingerprint density at radius 2 is 1.96 bits per heavy atom. The van der Waals surface area contributed by atoms with Crippen LogP contribution in [0.4, 0.5) is 0 Å². The Bertz CT molecular complexity index is 929. The molecular formula is C20H28N6O2. The molecule has 0 aromatic carbocycles. The van der Waals surface area contributed by atoms with Gasteiger partial charge in [0.2, 0.25) is 5.91 Å². The molecular weight excluding hydrogens is 356 g/mol. The fourth-order valence-corrected chi connectivity index (χ4v) is 4.77. The van der Waals surface area contributed by atoms with Crippen molar-refractivity contribution in [3.63, 3.8) is 0 Å². The molecule has 2 aromatic heterocycles. The van der Waals surface area contributed by atoms with Crippen LogP contribution in [0.2, 0.25) is 0 Å². The smallest absolute Gasteiger partial charge is 0.342 e. The maximum Gasteiger partial charge on any atom is 0.345 e. The number of aromatic nitrogens is 5. The average Bonchev–Trinajstić information content (AvgIpc) is 3.34. The van der Waals surface area contributed by atoms with E-state index in [1.54, 1.807) is 11.6 Å². The Morgan fingerprint density at radius 1 is 1.18 bits per heavy atom. The number of piperidine rings is 1. The van der Waals surface area contributed by atoms with Crippen LogP contribution in [0.25, 0.3) is 0 Å². The van der Waals surface area contributed by atoms with Gasteiger partial charge in [-0.1, -0.05) is 0 Å². The third-order valence-electron chi connectivity index (χ3n) is 6.62. The topological polar surface area (TPSA) is 78.0 Å². The fourth-order valence-electron chi connectivity index (χ4n) is 4.77. The maximum atomic E-state index is 13.1. The minimum atomic E-state index is -0.117. The molecule has 28 heavy (non-hydrogen) atoms. The number of imidazole rings is 1. The number of amides is 1. The molecule has 0 N–H and O–H groups in total. The molecule has 0 radical (unpaired) electrons. The number of carbonyl (C=O) groups excluding carboxylic acids is 1. The Labute approximate surface area is 164 Å². The summed E-state index contributed by atoms with van der Waals surface area (Å²) in [6.45, 7) is 3.13. The van der Waals surface area contributed by atoms with Gasteiger partial charge in [-0.05, 0) is 38.0 Å². The summed E-state index contributed by atoms with van der Waals surface area (Å²) in [5.41, 5.74) is -0.117. The molecule has 0 bridgehead atoms. The molecule has 1 saturated heterocycles. The van der Waals surface area contributed by atoms with Gasteiger partial charge in [0.05, 0.1) is 5.92 Å². The Balaban J connectivity index is 1.21. The van der Waals surface area contributed by atoms with Crippen molar-refractivity contribution in [1.82, 2.24) is 28.8 Å². The summed E-state index contributed by atoms with van der Waals surface area (Å²) in [7, 11) is 1.67. The average molecular weight is 384 g/mol. The van der Waals surface area contributed by atoms with E-state index in [-0.39, 0.29) is 17.5 Å². The molecule has 5 rings (SSSR count). The number of rotatable bonds is 4. The number of hydrogen-bond acceptors (Lipinski definition) is 4. The van der Waals surface area contributed by atoms with E-state index in [0.717, 1.165) is 50.6 Å². The van der Waals surface area contributed by atoms with Crippen molar-refractivity contribution < 1.29 is 4.79 Å². The molecule has 1 amide bonds. The summed E-state index contributed by atoms with van der Waals surface area (Å²) in [6, 6.07) is 0. The summed E-state index contributed by atoms with van der Waals surface area (Å²) in [5, 5.41) is 4.26. The summed E-state index contributed by atoms with van der Waals surface area (Å²) >= 11 is 0. The van der Waals surface area contributed by atoms with Gasteiger partial charge >= 0.3 is 5.69 Å². The minimum Gasteiger partial charge on any atom is -0.342 e. The quantitative estimate of drug-likeness (QED) is 0.792. The van der Waals surface area contributed by atoms with Gasteiger partial charge in [-0.2, -0.15) is 5.10 Å². The number of aryl methyl sites for hydroxylation is 2. The lowest BCUT2D eigenvalue weighted by Gasteiger charge is -2.35. The third kappa shape index (κ3) is 3.18. The van der Waals surface area contributed by atoms with E-state index in [9.17, 15) is 9.59 Å². The molecule has 4 heterocycles. The van der Waals surface area contributed by atoms with Crippen molar-refractivity contribution in [1.29, 1.82) is 0 Å². The van der Waals surface area contributed by atoms with Crippen molar-refractivity contribution in [2.45, 2.75) is 57.5 Å². The van der Waals surface area contributed by atoms with Crippen LogP contribution in [0.5, 0.6) is 0 Å². The van der Waals surface area contributed by atoms with E-state index in [1.807, 2.05) is 11.1 Å². The second-order valence-corrected chi connectivity index (χ2v) is 8.65. The second-order valence-electron chi connectivity index (χ2n) is 8.65. The largest absolute Gasteiger partial charge is 0.345 e. The summed E-state index contributed by atoms with van der Waals surface area (Å²) in [5.74, 6) is 3.36. The molecule has 8 heteroatoms. The van der Waals surface area contributed by atoms with Crippen LogP contribution in [0.1, 0.15) is 49.7 Å². The monoisotopic (exact) mass is 384 g/mol. The van der Waals surface area contributed by atoms with E-state index in [0.29, 0.717) is 18.9 Å². The SMILES string of the molecule is Cn1nc2n(c1=O)C[C@@H](C(=O)N1CCC(c3nccn3CC3CC3)CC1)CC2. The number of hydrogen-bond donors (Lipinski definition) is 0. The molecule has 8 nitrogen and oxygen atoms in total. The number of carbonyl (C=O) groups is 1. The van der Waals surface area contributed by atoms with Crippen molar-refractivity contribution in [2.75, 3.05) is 13.1 Å². The van der Waals surface area contributed by atoms with E-state index < -0.39 is 0 Å². The molecule has 3 aliphatic rings. The highest BCUT2D eigenvalue weighted by molar-refractivity contribution is 5.79. The molecule has 1 saturated carbocycles. The minimum absolute atomic E-state index is 0.109. The standard InChI is InChI=1S/C20H28N6O2/c1-23-20(28)26-13-16(4-5-17(26)22-23)19(27)24-9-6-15(7-10-24)18-21-8-11-25(18)12-14-2-3-14/h8,11,14-16H,2-7,9-10,12-13H2,1H3/t16-/m0/s1. The van der Waals surface area contributed by atoms with Crippen LogP contribution in [0.3, 0.4) is 0 Å². The van der Waals surface area contributed by atoms with Crippen LogP contribution in [-0.2, 0) is 31.4 Å². The molecule has 0 unspecified atom stereocenters.